The highest BCUT2D eigenvalue weighted by molar-refractivity contribution is 6.31. The zero-order chi connectivity index (χ0) is 40.9. The molecule has 58 heavy (non-hydrogen) atoms. The molecular weight excluding hydrogens is 760 g/mol. The lowest BCUT2D eigenvalue weighted by Crippen LogP contribution is -2.74. The highest BCUT2D eigenvalue weighted by Crippen LogP contribution is 2.55. The van der Waals surface area contributed by atoms with Gasteiger partial charge in [0, 0.05) is 60.1 Å². The van der Waals surface area contributed by atoms with Gasteiger partial charge in [-0.1, -0.05) is 44.5 Å². The quantitative estimate of drug-likeness (QED) is 0.189. The highest BCUT2D eigenvalue weighted by atomic mass is 35.5. The molecule has 2 N–H and O–H groups in total. The van der Waals surface area contributed by atoms with E-state index in [1.165, 1.54) is 0 Å². The van der Waals surface area contributed by atoms with Crippen LogP contribution in [0.2, 0.25) is 5.02 Å². The largest absolute Gasteiger partial charge is 0.489 e. The first-order valence-electron chi connectivity index (χ1n) is 19.6. The van der Waals surface area contributed by atoms with Gasteiger partial charge in [-0.2, -0.15) is 5.26 Å². The smallest absolute Gasteiger partial charge is 0.255 e. The molecule has 0 bridgehead atoms. The van der Waals surface area contributed by atoms with Crippen LogP contribution in [0.1, 0.15) is 84.5 Å². The lowest BCUT2D eigenvalue weighted by Gasteiger charge is -2.63. The number of ether oxygens (including phenoxy) is 2. The number of carbonyl (C=O) groups is 4. The predicted octanol–water partition coefficient (Wildman–Crippen LogP) is 4.86. The minimum absolute atomic E-state index is 0.0464. The molecule has 3 aromatic carbocycles. The van der Waals surface area contributed by atoms with Crippen molar-refractivity contribution >= 4 is 35.2 Å². The van der Waals surface area contributed by atoms with Crippen molar-refractivity contribution in [2.45, 2.75) is 84.2 Å². The monoisotopic (exact) mass is 804 g/mol. The van der Waals surface area contributed by atoms with E-state index in [1.807, 2.05) is 24.4 Å². The number of amides is 4. The first kappa shape index (κ1) is 39.1. The Morgan fingerprint density at radius 2 is 1.72 bits per heavy atom. The topological polar surface area (TPSA) is 172 Å². The maximum Gasteiger partial charge on any atom is 0.255 e. The summed E-state index contributed by atoms with van der Waals surface area (Å²) < 4.78 is 14.3. The van der Waals surface area contributed by atoms with E-state index in [-0.39, 0.29) is 53.2 Å². The molecule has 2 saturated heterocycles. The zero-order valence-corrected chi connectivity index (χ0v) is 33.6. The van der Waals surface area contributed by atoms with Gasteiger partial charge in [0.25, 0.3) is 11.8 Å². The third-order valence-electron chi connectivity index (χ3n) is 12.0. The Balaban J connectivity index is 0.772. The summed E-state index contributed by atoms with van der Waals surface area (Å²) in [7, 11) is 0. The van der Waals surface area contributed by atoms with Crippen molar-refractivity contribution in [2.24, 2.45) is 10.8 Å². The van der Waals surface area contributed by atoms with Crippen molar-refractivity contribution in [2.75, 3.05) is 19.6 Å². The Labute approximate surface area is 341 Å². The van der Waals surface area contributed by atoms with Crippen LogP contribution in [0.15, 0.2) is 66.9 Å². The van der Waals surface area contributed by atoms with Gasteiger partial charge in [-0.25, -0.2) is 4.68 Å². The van der Waals surface area contributed by atoms with Gasteiger partial charge in [0.05, 0.1) is 28.2 Å². The van der Waals surface area contributed by atoms with E-state index < -0.39 is 11.9 Å². The summed E-state index contributed by atoms with van der Waals surface area (Å²) in [5.41, 5.74) is 3.25. The minimum atomic E-state index is -0.640. The maximum absolute atomic E-state index is 13.4. The van der Waals surface area contributed by atoms with E-state index >= 15 is 0 Å². The number of hydrogen-bond donors (Lipinski definition) is 2. The molecule has 1 unspecified atom stereocenters. The average molecular weight is 805 g/mol. The molecule has 0 radical (unpaired) electrons. The second-order valence-corrected chi connectivity index (χ2v) is 17.2. The second-order valence-electron chi connectivity index (χ2n) is 16.8. The Morgan fingerprint density at radius 3 is 2.43 bits per heavy atom. The molecule has 0 spiro atoms. The third-order valence-corrected chi connectivity index (χ3v) is 12.3. The van der Waals surface area contributed by atoms with Crippen LogP contribution >= 0.6 is 11.6 Å². The number of likely N-dealkylation sites (tertiary alicyclic amines) is 1. The molecule has 4 aliphatic rings. The van der Waals surface area contributed by atoms with E-state index in [0.29, 0.717) is 46.2 Å². The van der Waals surface area contributed by atoms with Crippen LogP contribution in [0.25, 0.3) is 5.69 Å². The molecule has 1 atom stereocenters. The lowest BCUT2D eigenvalue weighted by atomic mass is 9.49. The molecule has 8 rings (SSSR count). The number of aryl methyl sites for hydroxylation is 1. The third kappa shape index (κ3) is 7.40. The summed E-state index contributed by atoms with van der Waals surface area (Å²) in [5, 5.41) is 23.8. The molecule has 15 heteroatoms. The molecule has 14 nitrogen and oxygen atoms in total. The summed E-state index contributed by atoms with van der Waals surface area (Å²) in [4.78, 5) is 54.2. The lowest BCUT2D eigenvalue weighted by molar-refractivity contribution is -0.164. The fourth-order valence-electron chi connectivity index (χ4n) is 9.19. The maximum atomic E-state index is 13.4. The van der Waals surface area contributed by atoms with Crippen LogP contribution in [0, 0.1) is 22.2 Å². The Hall–Kier alpha value is -5.78. The fourth-order valence-corrected chi connectivity index (χ4v) is 9.41. The van der Waals surface area contributed by atoms with Gasteiger partial charge >= 0.3 is 0 Å². The SMILES string of the molecule is CC1(C)[C@H](NC(=O)c2ccc(-n3cc(CCCN4CC(Oc5ccc6c(c5)CN(C5CCC(=O)NC5=O)C6=O)C4)nn3)cc2)C(C)(C)[C@H]1Oc1ccc(C#N)c(Cl)c1. The first-order valence-corrected chi connectivity index (χ1v) is 19.9. The number of nitrogens with one attached hydrogen (secondary N) is 2. The van der Waals surface area contributed by atoms with Crippen LogP contribution in [0.5, 0.6) is 11.5 Å². The molecule has 4 heterocycles. The fraction of sp³-hybridized carbons (Fsp3) is 0.419. The van der Waals surface area contributed by atoms with Gasteiger partial charge in [0.2, 0.25) is 11.8 Å². The molecule has 1 aliphatic carbocycles. The number of carbonyl (C=O) groups excluding carboxylic acids is 4. The molecule has 1 aromatic heterocycles. The summed E-state index contributed by atoms with van der Waals surface area (Å²) >= 11 is 6.24. The van der Waals surface area contributed by atoms with Crippen molar-refractivity contribution in [3.8, 4) is 23.3 Å². The van der Waals surface area contributed by atoms with Crippen LogP contribution in [-0.4, -0.2) is 92.3 Å². The number of nitrogens with zero attached hydrogens (tertiary/aromatic N) is 6. The molecule has 4 amide bonds. The van der Waals surface area contributed by atoms with E-state index in [2.05, 4.69) is 59.6 Å². The number of rotatable bonds is 12. The average Bonchev–Trinajstić information content (AvgIpc) is 3.78. The van der Waals surface area contributed by atoms with Crippen molar-refractivity contribution in [1.29, 1.82) is 5.26 Å². The van der Waals surface area contributed by atoms with Crippen LogP contribution in [-0.2, 0) is 22.6 Å². The van der Waals surface area contributed by atoms with E-state index in [9.17, 15) is 24.4 Å². The van der Waals surface area contributed by atoms with Crippen LogP contribution in [0.4, 0.5) is 0 Å². The van der Waals surface area contributed by atoms with E-state index in [0.717, 1.165) is 49.4 Å². The molecule has 1 saturated carbocycles. The summed E-state index contributed by atoms with van der Waals surface area (Å²) in [6.45, 7) is 11.1. The molecule has 3 fully saturated rings. The van der Waals surface area contributed by atoms with Crippen LogP contribution < -0.4 is 20.1 Å². The number of aromatic nitrogens is 3. The molecule has 3 aliphatic heterocycles. The van der Waals surface area contributed by atoms with Crippen molar-refractivity contribution in [3.63, 3.8) is 0 Å². The van der Waals surface area contributed by atoms with Gasteiger partial charge in [0.15, 0.2) is 0 Å². The van der Waals surface area contributed by atoms with Crippen LogP contribution in [0.3, 0.4) is 0 Å². The normalized spacial score (nSPS) is 22.3. The number of imide groups is 1. The number of benzene rings is 3. The molecular formula is C43H45ClN8O6. The highest BCUT2D eigenvalue weighted by Gasteiger charge is 2.64. The zero-order valence-electron chi connectivity index (χ0n) is 32.8. The predicted molar refractivity (Wildman–Crippen MR) is 212 cm³/mol. The van der Waals surface area contributed by atoms with E-state index in [1.54, 1.807) is 52.0 Å². The van der Waals surface area contributed by atoms with Gasteiger partial charge in [-0.15, -0.1) is 5.10 Å². The summed E-state index contributed by atoms with van der Waals surface area (Å²) in [5.74, 6) is 0.193. The first-order chi connectivity index (χ1) is 27.7. The Kier molecular flexibility index (Phi) is 10.2. The standard InChI is InChI=1S/C43H45ClN8O6/c1-42(2)40(43(3,4)41(42)58-31-12-9-26(20-45)34(44)19-31)47-37(54)25-7-10-29(11-8-25)52-22-28(48-49-52)6-5-17-50-23-32(24-50)57-30-13-14-33-27(18-30)21-51(39(33)56)35-15-16-36(53)46-38(35)55/h7-14,18-19,22,32,35,40-41H,5-6,15-17,21,23-24H2,1-4H3,(H,47,54)(H,46,53,55)/t35?,40-,41-. The molecule has 4 aromatic rings. The Bertz CT molecular complexity index is 2310. The van der Waals surface area contributed by atoms with Gasteiger partial charge in [0.1, 0.15) is 35.8 Å². The van der Waals surface area contributed by atoms with Gasteiger partial charge in [-0.05, 0) is 86.0 Å². The number of piperidine rings is 1. The second kappa shape index (κ2) is 15.2. The van der Waals surface area contributed by atoms with E-state index in [4.69, 9.17) is 21.1 Å². The van der Waals surface area contributed by atoms with Gasteiger partial charge < -0.3 is 19.7 Å². The number of fused-ring (bicyclic) bond motifs is 1. The van der Waals surface area contributed by atoms with Crippen molar-refractivity contribution < 1.29 is 28.7 Å². The Morgan fingerprint density at radius 1 is 1.00 bits per heavy atom. The van der Waals surface area contributed by atoms with Crippen molar-refractivity contribution in [3.05, 3.63) is 99.8 Å². The summed E-state index contributed by atoms with van der Waals surface area (Å²) in [6.07, 6.45) is 3.99. The van der Waals surface area contributed by atoms with Crippen molar-refractivity contribution in [1.82, 2.24) is 35.4 Å². The number of nitriles is 1. The summed E-state index contributed by atoms with van der Waals surface area (Å²) in [6, 6.07) is 19.1. The number of hydrogen-bond acceptors (Lipinski definition) is 10. The number of halogens is 1. The minimum Gasteiger partial charge on any atom is -0.489 e. The van der Waals surface area contributed by atoms with Gasteiger partial charge in [-0.3, -0.25) is 29.4 Å². The molecule has 300 valence electrons.